The predicted octanol–water partition coefficient (Wildman–Crippen LogP) is 1.51. The fraction of sp³-hybridized carbons (Fsp3) is 0.333. The molecule has 1 rings (SSSR count). The molecule has 54 valence electrons. The van der Waals surface area contributed by atoms with Crippen LogP contribution < -0.4 is 5.73 Å². The van der Waals surface area contributed by atoms with Crippen molar-refractivity contribution in [2.75, 3.05) is 5.73 Å². The Balaban J connectivity index is 3.03. The molecule has 1 atom stereocenters. The molecule has 4 heteroatoms. The van der Waals surface area contributed by atoms with Crippen LogP contribution in [0.25, 0.3) is 0 Å². The maximum absolute atomic E-state index is 5.54. The Bertz CT molecular complexity index is 224. The number of halogens is 1. The Hall–Kier alpha value is -0.640. The van der Waals surface area contributed by atoms with Gasteiger partial charge in [0.15, 0.2) is 0 Å². The summed E-state index contributed by atoms with van der Waals surface area (Å²) in [7, 11) is 0. The SMILES string of the molecule is CC(Br)c1cncnc1N. The Kier molecular flexibility index (Phi) is 2.21. The van der Waals surface area contributed by atoms with Crippen molar-refractivity contribution in [1.29, 1.82) is 0 Å². The van der Waals surface area contributed by atoms with E-state index in [-0.39, 0.29) is 4.83 Å². The largest absolute Gasteiger partial charge is 0.383 e. The van der Waals surface area contributed by atoms with Gasteiger partial charge < -0.3 is 5.73 Å². The summed E-state index contributed by atoms with van der Waals surface area (Å²) in [5.41, 5.74) is 6.47. The van der Waals surface area contributed by atoms with Crippen LogP contribution >= 0.6 is 15.9 Å². The summed E-state index contributed by atoms with van der Waals surface area (Å²) >= 11 is 3.37. The molecule has 0 saturated heterocycles. The molecular formula is C6H8BrN3. The van der Waals surface area contributed by atoms with Crippen LogP contribution in [0.2, 0.25) is 0 Å². The van der Waals surface area contributed by atoms with Crippen molar-refractivity contribution in [3.63, 3.8) is 0 Å². The highest BCUT2D eigenvalue weighted by molar-refractivity contribution is 9.09. The molecule has 0 spiro atoms. The molecule has 1 heterocycles. The van der Waals surface area contributed by atoms with Gasteiger partial charge in [-0.1, -0.05) is 15.9 Å². The molecule has 0 bridgehead atoms. The summed E-state index contributed by atoms with van der Waals surface area (Å²) in [6, 6.07) is 0. The molecule has 2 N–H and O–H groups in total. The van der Waals surface area contributed by atoms with Gasteiger partial charge in [-0.3, -0.25) is 0 Å². The second-order valence-corrected chi connectivity index (χ2v) is 3.35. The van der Waals surface area contributed by atoms with Crippen molar-refractivity contribution in [1.82, 2.24) is 9.97 Å². The van der Waals surface area contributed by atoms with Gasteiger partial charge in [0, 0.05) is 16.6 Å². The van der Waals surface area contributed by atoms with E-state index in [1.807, 2.05) is 6.92 Å². The summed E-state index contributed by atoms with van der Waals surface area (Å²) in [5.74, 6) is 0.541. The summed E-state index contributed by atoms with van der Waals surface area (Å²) < 4.78 is 0. The third-order valence-corrected chi connectivity index (χ3v) is 1.69. The van der Waals surface area contributed by atoms with Gasteiger partial charge in [-0.05, 0) is 6.92 Å². The van der Waals surface area contributed by atoms with E-state index >= 15 is 0 Å². The minimum absolute atomic E-state index is 0.216. The van der Waals surface area contributed by atoms with Crippen LogP contribution in [0.15, 0.2) is 12.5 Å². The lowest BCUT2D eigenvalue weighted by Crippen LogP contribution is -1.97. The number of nitrogen functional groups attached to an aromatic ring is 1. The normalized spacial score (nSPS) is 13.0. The highest BCUT2D eigenvalue weighted by Gasteiger charge is 2.04. The lowest BCUT2D eigenvalue weighted by molar-refractivity contribution is 1.05. The van der Waals surface area contributed by atoms with Crippen molar-refractivity contribution in [2.24, 2.45) is 0 Å². The van der Waals surface area contributed by atoms with Gasteiger partial charge in [0.05, 0.1) is 0 Å². The van der Waals surface area contributed by atoms with Crippen LogP contribution in [0, 0.1) is 0 Å². The molecule has 10 heavy (non-hydrogen) atoms. The number of nitrogens with zero attached hydrogens (tertiary/aromatic N) is 2. The van der Waals surface area contributed by atoms with Gasteiger partial charge in [0.1, 0.15) is 12.1 Å². The van der Waals surface area contributed by atoms with E-state index in [2.05, 4.69) is 25.9 Å². The fourth-order valence-corrected chi connectivity index (χ4v) is 1.01. The standard InChI is InChI=1S/C6H8BrN3/c1-4(7)5-2-9-3-10-6(5)8/h2-4H,1H3,(H2,8,9,10). The Morgan fingerprint density at radius 1 is 1.70 bits per heavy atom. The fourth-order valence-electron chi connectivity index (χ4n) is 0.656. The zero-order valence-corrected chi connectivity index (χ0v) is 7.17. The average Bonchev–Trinajstić information content (AvgIpc) is 1.88. The summed E-state index contributed by atoms with van der Waals surface area (Å²) in [5, 5.41) is 0. The van der Waals surface area contributed by atoms with Gasteiger partial charge in [-0.15, -0.1) is 0 Å². The van der Waals surface area contributed by atoms with Gasteiger partial charge >= 0.3 is 0 Å². The molecule has 0 aromatic carbocycles. The van der Waals surface area contributed by atoms with Crippen LogP contribution in [-0.2, 0) is 0 Å². The van der Waals surface area contributed by atoms with Gasteiger partial charge in [-0.2, -0.15) is 0 Å². The van der Waals surface area contributed by atoms with Crippen LogP contribution in [-0.4, -0.2) is 9.97 Å². The monoisotopic (exact) mass is 201 g/mol. The molecule has 1 aromatic rings. The molecule has 0 aliphatic rings. The van der Waals surface area contributed by atoms with Gasteiger partial charge in [0.2, 0.25) is 0 Å². The van der Waals surface area contributed by atoms with Gasteiger partial charge in [-0.25, -0.2) is 9.97 Å². The Labute approximate surface area is 67.8 Å². The molecule has 1 unspecified atom stereocenters. The minimum Gasteiger partial charge on any atom is -0.383 e. The van der Waals surface area contributed by atoms with Crippen molar-refractivity contribution in [3.05, 3.63) is 18.1 Å². The topological polar surface area (TPSA) is 51.8 Å². The Morgan fingerprint density at radius 3 is 2.80 bits per heavy atom. The zero-order valence-electron chi connectivity index (χ0n) is 5.58. The number of aromatic nitrogens is 2. The third kappa shape index (κ3) is 1.44. The molecule has 3 nitrogen and oxygen atoms in total. The molecule has 0 aliphatic carbocycles. The molecule has 0 saturated carbocycles. The van der Waals surface area contributed by atoms with E-state index in [4.69, 9.17) is 5.73 Å². The van der Waals surface area contributed by atoms with E-state index in [0.717, 1.165) is 5.56 Å². The van der Waals surface area contributed by atoms with Crippen LogP contribution in [0.5, 0.6) is 0 Å². The second-order valence-electron chi connectivity index (χ2n) is 1.98. The molecule has 0 fully saturated rings. The molecule has 0 radical (unpaired) electrons. The van der Waals surface area contributed by atoms with Gasteiger partial charge in [0.25, 0.3) is 0 Å². The molecule has 0 aliphatic heterocycles. The predicted molar refractivity (Wildman–Crippen MR) is 43.8 cm³/mol. The van der Waals surface area contributed by atoms with Crippen LogP contribution in [0.1, 0.15) is 17.3 Å². The number of hydrogen-bond acceptors (Lipinski definition) is 3. The van der Waals surface area contributed by atoms with Crippen molar-refractivity contribution in [3.8, 4) is 0 Å². The summed E-state index contributed by atoms with van der Waals surface area (Å²) in [6.07, 6.45) is 3.15. The summed E-state index contributed by atoms with van der Waals surface area (Å²) in [4.78, 5) is 7.90. The van der Waals surface area contributed by atoms with Crippen LogP contribution in [0.3, 0.4) is 0 Å². The average molecular weight is 202 g/mol. The van der Waals surface area contributed by atoms with E-state index < -0.39 is 0 Å². The number of rotatable bonds is 1. The highest BCUT2D eigenvalue weighted by atomic mass is 79.9. The maximum Gasteiger partial charge on any atom is 0.131 e. The first kappa shape index (κ1) is 7.47. The quantitative estimate of drug-likeness (QED) is 0.702. The molecule has 0 amide bonds. The van der Waals surface area contributed by atoms with Crippen LogP contribution in [0.4, 0.5) is 5.82 Å². The van der Waals surface area contributed by atoms with Crippen molar-refractivity contribution < 1.29 is 0 Å². The number of anilines is 1. The minimum atomic E-state index is 0.216. The van der Waals surface area contributed by atoms with Crippen molar-refractivity contribution >= 4 is 21.7 Å². The lowest BCUT2D eigenvalue weighted by atomic mass is 10.2. The second kappa shape index (κ2) is 2.96. The zero-order chi connectivity index (χ0) is 7.56. The van der Waals surface area contributed by atoms with E-state index in [0.29, 0.717) is 5.82 Å². The first-order valence-corrected chi connectivity index (χ1v) is 3.83. The summed E-state index contributed by atoms with van der Waals surface area (Å²) in [6.45, 7) is 1.98. The maximum atomic E-state index is 5.54. The number of alkyl halides is 1. The number of hydrogen-bond donors (Lipinski definition) is 1. The van der Waals surface area contributed by atoms with E-state index in [9.17, 15) is 0 Å². The van der Waals surface area contributed by atoms with E-state index in [1.54, 1.807) is 6.20 Å². The molecule has 1 aromatic heterocycles. The lowest BCUT2D eigenvalue weighted by Gasteiger charge is -2.03. The number of nitrogens with two attached hydrogens (primary N) is 1. The third-order valence-electron chi connectivity index (χ3n) is 1.20. The smallest absolute Gasteiger partial charge is 0.131 e. The first-order valence-electron chi connectivity index (χ1n) is 2.91. The highest BCUT2D eigenvalue weighted by Crippen LogP contribution is 2.23. The van der Waals surface area contributed by atoms with Crippen molar-refractivity contribution in [2.45, 2.75) is 11.8 Å². The molecular weight excluding hydrogens is 194 g/mol. The Morgan fingerprint density at radius 2 is 2.40 bits per heavy atom. The first-order chi connectivity index (χ1) is 4.72. The van der Waals surface area contributed by atoms with E-state index in [1.165, 1.54) is 6.33 Å².